The molecule has 78 valence electrons. The molecule has 0 aliphatic heterocycles. The number of hydrogen-bond acceptors (Lipinski definition) is 1. The third-order valence-electron chi connectivity index (χ3n) is 1.99. The minimum Gasteiger partial charge on any atom is -0.303 e. The molecular weight excluding hydrogens is 172 g/mol. The Morgan fingerprint density at radius 3 is 2.50 bits per heavy atom. The summed E-state index contributed by atoms with van der Waals surface area (Å²) >= 11 is 0. The first-order valence-electron chi connectivity index (χ1n) is 5.07. The van der Waals surface area contributed by atoms with E-state index in [0.29, 0.717) is 6.42 Å². The Morgan fingerprint density at radius 2 is 2.00 bits per heavy atom. The van der Waals surface area contributed by atoms with E-state index in [1.807, 2.05) is 13.0 Å². The molecule has 0 aliphatic rings. The van der Waals surface area contributed by atoms with Crippen molar-refractivity contribution >= 4 is 6.29 Å². The molecule has 0 amide bonds. The fourth-order valence-corrected chi connectivity index (χ4v) is 1.24. The Labute approximate surface area is 87.2 Å². The normalized spacial score (nSPS) is 11.1. The summed E-state index contributed by atoms with van der Waals surface area (Å²) in [5, 5.41) is 0. The van der Waals surface area contributed by atoms with Crippen molar-refractivity contribution in [3.63, 3.8) is 0 Å². The summed E-state index contributed by atoms with van der Waals surface area (Å²) < 4.78 is 0. The van der Waals surface area contributed by atoms with Crippen LogP contribution in [0.2, 0.25) is 0 Å². The molecule has 14 heavy (non-hydrogen) atoms. The standard InChI is InChI=1S/C13H20O/c1-4-7-13(10-6-11-14)9-5-8-12(2)3/h4,9,11H,1-2,5-8,10H2,3H3/b13-9-. The molecule has 0 saturated heterocycles. The van der Waals surface area contributed by atoms with E-state index in [2.05, 4.69) is 19.2 Å². The van der Waals surface area contributed by atoms with E-state index in [-0.39, 0.29) is 0 Å². The first-order chi connectivity index (χ1) is 6.70. The van der Waals surface area contributed by atoms with Crippen LogP contribution in [0.1, 0.15) is 39.0 Å². The monoisotopic (exact) mass is 192 g/mol. The van der Waals surface area contributed by atoms with Crippen LogP contribution >= 0.6 is 0 Å². The average molecular weight is 192 g/mol. The molecule has 0 aromatic carbocycles. The van der Waals surface area contributed by atoms with E-state index in [9.17, 15) is 4.79 Å². The summed E-state index contributed by atoms with van der Waals surface area (Å²) in [7, 11) is 0. The van der Waals surface area contributed by atoms with Crippen molar-refractivity contribution in [3.05, 3.63) is 36.5 Å². The van der Waals surface area contributed by atoms with E-state index in [1.54, 1.807) is 0 Å². The molecule has 1 heteroatoms. The van der Waals surface area contributed by atoms with Gasteiger partial charge in [0.1, 0.15) is 6.29 Å². The molecule has 0 unspecified atom stereocenters. The lowest BCUT2D eigenvalue weighted by Crippen LogP contribution is -1.85. The largest absolute Gasteiger partial charge is 0.303 e. The molecule has 0 saturated carbocycles. The van der Waals surface area contributed by atoms with Crippen LogP contribution in [-0.2, 0) is 4.79 Å². The topological polar surface area (TPSA) is 17.1 Å². The van der Waals surface area contributed by atoms with Gasteiger partial charge in [0.05, 0.1) is 0 Å². The maximum Gasteiger partial charge on any atom is 0.120 e. The van der Waals surface area contributed by atoms with Crippen molar-refractivity contribution < 1.29 is 4.79 Å². The number of hydrogen-bond donors (Lipinski definition) is 0. The molecule has 0 N–H and O–H groups in total. The quantitative estimate of drug-likeness (QED) is 0.422. The molecule has 0 atom stereocenters. The average Bonchev–Trinajstić information content (AvgIpc) is 2.13. The first-order valence-corrected chi connectivity index (χ1v) is 5.07. The maximum atomic E-state index is 10.2. The van der Waals surface area contributed by atoms with Crippen LogP contribution in [0, 0.1) is 0 Å². The Hall–Kier alpha value is -1.11. The smallest absolute Gasteiger partial charge is 0.120 e. The van der Waals surface area contributed by atoms with Gasteiger partial charge in [-0.25, -0.2) is 0 Å². The van der Waals surface area contributed by atoms with E-state index < -0.39 is 0 Å². The van der Waals surface area contributed by atoms with Gasteiger partial charge in [-0.15, -0.1) is 13.2 Å². The van der Waals surface area contributed by atoms with Crippen LogP contribution in [-0.4, -0.2) is 6.29 Å². The van der Waals surface area contributed by atoms with Crippen molar-refractivity contribution in [1.29, 1.82) is 0 Å². The van der Waals surface area contributed by atoms with Gasteiger partial charge in [-0.1, -0.05) is 23.3 Å². The lowest BCUT2D eigenvalue weighted by Gasteiger charge is -2.02. The van der Waals surface area contributed by atoms with Gasteiger partial charge < -0.3 is 4.79 Å². The Bertz CT molecular complexity index is 223. The van der Waals surface area contributed by atoms with Gasteiger partial charge in [-0.2, -0.15) is 0 Å². The summed E-state index contributed by atoms with van der Waals surface area (Å²) in [4.78, 5) is 10.2. The molecule has 0 spiro atoms. The van der Waals surface area contributed by atoms with Gasteiger partial charge in [0.15, 0.2) is 0 Å². The van der Waals surface area contributed by atoms with Crippen LogP contribution in [0.5, 0.6) is 0 Å². The van der Waals surface area contributed by atoms with Crippen LogP contribution in [0.4, 0.5) is 0 Å². The summed E-state index contributed by atoms with van der Waals surface area (Å²) in [5.41, 5.74) is 2.52. The van der Waals surface area contributed by atoms with E-state index in [1.165, 1.54) is 11.1 Å². The number of carbonyl (C=O) groups excluding carboxylic acids is 1. The molecule has 0 heterocycles. The van der Waals surface area contributed by atoms with Crippen molar-refractivity contribution in [1.82, 2.24) is 0 Å². The molecule has 0 aliphatic carbocycles. The third kappa shape index (κ3) is 7.53. The van der Waals surface area contributed by atoms with Crippen LogP contribution in [0.25, 0.3) is 0 Å². The summed E-state index contributed by atoms with van der Waals surface area (Å²) in [6.07, 6.45) is 9.49. The van der Waals surface area contributed by atoms with Crippen molar-refractivity contribution in [2.45, 2.75) is 39.0 Å². The minimum absolute atomic E-state index is 0.618. The number of rotatable bonds is 8. The van der Waals surface area contributed by atoms with Crippen molar-refractivity contribution in [2.75, 3.05) is 0 Å². The molecule has 0 fully saturated rings. The molecule has 0 aromatic heterocycles. The highest BCUT2D eigenvalue weighted by Gasteiger charge is 1.94. The van der Waals surface area contributed by atoms with Gasteiger partial charge >= 0.3 is 0 Å². The molecule has 0 rings (SSSR count). The van der Waals surface area contributed by atoms with Crippen molar-refractivity contribution in [3.8, 4) is 0 Å². The van der Waals surface area contributed by atoms with E-state index in [4.69, 9.17) is 0 Å². The molecule has 0 aromatic rings. The number of allylic oxidation sites excluding steroid dienone is 4. The van der Waals surface area contributed by atoms with Gasteiger partial charge in [-0.3, -0.25) is 0 Å². The molecule has 0 radical (unpaired) electrons. The highest BCUT2D eigenvalue weighted by Crippen LogP contribution is 2.12. The Balaban J connectivity index is 3.95. The zero-order valence-electron chi connectivity index (χ0n) is 9.09. The van der Waals surface area contributed by atoms with E-state index >= 15 is 0 Å². The van der Waals surface area contributed by atoms with Gasteiger partial charge in [-0.05, 0) is 32.6 Å². The summed E-state index contributed by atoms with van der Waals surface area (Å²) in [5.74, 6) is 0. The second-order valence-electron chi connectivity index (χ2n) is 3.56. The fourth-order valence-electron chi connectivity index (χ4n) is 1.24. The predicted molar refractivity (Wildman–Crippen MR) is 62.2 cm³/mol. The first kappa shape index (κ1) is 12.9. The second kappa shape index (κ2) is 8.49. The van der Waals surface area contributed by atoms with Crippen molar-refractivity contribution in [2.24, 2.45) is 0 Å². The van der Waals surface area contributed by atoms with Crippen LogP contribution in [0.3, 0.4) is 0 Å². The second-order valence-corrected chi connectivity index (χ2v) is 3.56. The highest BCUT2D eigenvalue weighted by molar-refractivity contribution is 5.49. The SMILES string of the molecule is C=CC/C(=C/CCC(=C)C)CCC=O. The van der Waals surface area contributed by atoms with Gasteiger partial charge in [0, 0.05) is 6.42 Å². The summed E-state index contributed by atoms with van der Waals surface area (Å²) in [6, 6.07) is 0. The maximum absolute atomic E-state index is 10.2. The fraction of sp³-hybridized carbons (Fsp3) is 0.462. The Morgan fingerprint density at radius 1 is 1.29 bits per heavy atom. The van der Waals surface area contributed by atoms with Crippen LogP contribution < -0.4 is 0 Å². The molecule has 1 nitrogen and oxygen atoms in total. The molecule has 0 bridgehead atoms. The minimum atomic E-state index is 0.618. The number of aldehydes is 1. The number of carbonyl (C=O) groups is 1. The summed E-state index contributed by atoms with van der Waals surface area (Å²) in [6.45, 7) is 9.59. The zero-order valence-corrected chi connectivity index (χ0v) is 9.09. The molecular formula is C13H20O. The van der Waals surface area contributed by atoms with Crippen LogP contribution in [0.15, 0.2) is 36.5 Å². The Kier molecular flexibility index (Phi) is 7.81. The zero-order chi connectivity index (χ0) is 10.8. The van der Waals surface area contributed by atoms with Gasteiger partial charge in [0.2, 0.25) is 0 Å². The highest BCUT2D eigenvalue weighted by atomic mass is 16.1. The lowest BCUT2D eigenvalue weighted by atomic mass is 10.0. The van der Waals surface area contributed by atoms with Gasteiger partial charge in [0.25, 0.3) is 0 Å². The van der Waals surface area contributed by atoms with E-state index in [0.717, 1.165) is 32.0 Å². The third-order valence-corrected chi connectivity index (χ3v) is 1.99. The predicted octanol–water partition coefficient (Wildman–Crippen LogP) is 3.82. The lowest BCUT2D eigenvalue weighted by molar-refractivity contribution is -0.107.